The normalized spacial score (nSPS) is 18.0. The van der Waals surface area contributed by atoms with E-state index in [-0.39, 0.29) is 28.1 Å². The summed E-state index contributed by atoms with van der Waals surface area (Å²) >= 11 is 0. The zero-order valence-corrected chi connectivity index (χ0v) is 16.6. The lowest BCUT2D eigenvalue weighted by molar-refractivity contribution is -0.132. The Labute approximate surface area is 167 Å². The van der Waals surface area contributed by atoms with Gasteiger partial charge >= 0.3 is 0 Å². The molecule has 0 radical (unpaired) electrons. The van der Waals surface area contributed by atoms with Gasteiger partial charge in [0.2, 0.25) is 21.9 Å². The van der Waals surface area contributed by atoms with Crippen molar-refractivity contribution < 1.29 is 17.6 Å². The number of hydrogen-bond donors (Lipinski definition) is 2. The van der Waals surface area contributed by atoms with E-state index in [0.29, 0.717) is 25.3 Å². The quantitative estimate of drug-likeness (QED) is 0.762. The number of benzene rings is 1. The van der Waals surface area contributed by atoms with E-state index in [1.165, 1.54) is 24.3 Å². The number of nitrogens with one attached hydrogen (secondary N) is 1. The van der Waals surface area contributed by atoms with Gasteiger partial charge in [-0.3, -0.25) is 4.79 Å². The fourth-order valence-corrected chi connectivity index (χ4v) is 4.23. The molecule has 2 aliphatic rings. The number of carbonyl (C=O) groups is 1. The fourth-order valence-electron chi connectivity index (χ4n) is 3.72. The van der Waals surface area contributed by atoms with Crippen LogP contribution < -0.4 is 15.4 Å². The van der Waals surface area contributed by atoms with Crippen molar-refractivity contribution in [3.05, 3.63) is 36.3 Å². The van der Waals surface area contributed by atoms with Crippen LogP contribution in [-0.2, 0) is 14.8 Å². The third-order valence-corrected chi connectivity index (χ3v) is 6.25. The van der Waals surface area contributed by atoms with Crippen molar-refractivity contribution in [3.8, 4) is 0 Å². The molecule has 1 amide bonds. The average Bonchev–Trinajstić information content (AvgIpc) is 3.42. The number of nitrogens with zero attached hydrogens (tertiary/aromatic N) is 4. The van der Waals surface area contributed by atoms with Crippen molar-refractivity contribution in [1.82, 2.24) is 14.9 Å². The van der Waals surface area contributed by atoms with Crippen LogP contribution in [0.15, 0.2) is 35.4 Å². The third-order valence-electron chi connectivity index (χ3n) is 5.32. The Bertz CT molecular complexity index is 1060. The summed E-state index contributed by atoms with van der Waals surface area (Å²) in [5.41, 5.74) is 0.313. The molecule has 1 saturated carbocycles. The van der Waals surface area contributed by atoms with Crippen molar-refractivity contribution in [2.45, 2.75) is 30.2 Å². The summed E-state index contributed by atoms with van der Waals surface area (Å²) in [7, 11) is -3.78. The second kappa shape index (κ2) is 6.92. The van der Waals surface area contributed by atoms with Gasteiger partial charge < -0.3 is 15.1 Å². The Hall–Kier alpha value is -2.79. The summed E-state index contributed by atoms with van der Waals surface area (Å²) in [5.74, 6) is -0.135. The largest absolute Gasteiger partial charge is 0.350 e. The highest BCUT2D eigenvalue weighted by Gasteiger charge is 2.52. The highest BCUT2D eigenvalue weighted by Crippen LogP contribution is 2.45. The topological polar surface area (TPSA) is 122 Å². The number of hydrogen-bond acceptors (Lipinski definition) is 7. The molecule has 9 nitrogen and oxygen atoms in total. The van der Waals surface area contributed by atoms with E-state index in [9.17, 15) is 17.6 Å². The minimum absolute atomic E-state index is 0.0122. The molecule has 1 aromatic heterocycles. The minimum atomic E-state index is -3.78. The van der Waals surface area contributed by atoms with Crippen LogP contribution in [0.3, 0.4) is 0 Å². The molecule has 1 spiro atoms. The molecule has 4 rings (SSSR count). The third kappa shape index (κ3) is 3.87. The van der Waals surface area contributed by atoms with Gasteiger partial charge in [-0.25, -0.2) is 22.9 Å². The molecule has 2 aromatic rings. The van der Waals surface area contributed by atoms with Gasteiger partial charge in [0.1, 0.15) is 0 Å². The standard InChI is InChI=1S/C18H21FN6O3S/c1-12(26)25-9-8-24(11-18(25)6-7-18)16-15(19)10-21-17(23-16)22-13-2-4-14(5-3-13)29(20,27)28/h2-5,10H,6-9,11H2,1H3,(H2,20,27,28)(H,21,22,23). The second-order valence-corrected chi connectivity index (χ2v) is 8.94. The lowest BCUT2D eigenvalue weighted by Gasteiger charge is -2.42. The van der Waals surface area contributed by atoms with Crippen LogP contribution in [0, 0.1) is 5.82 Å². The molecular formula is C18H21FN6O3S. The molecule has 0 bridgehead atoms. The number of carbonyl (C=O) groups excluding carboxylic acids is 1. The first-order valence-electron chi connectivity index (χ1n) is 9.14. The highest BCUT2D eigenvalue weighted by molar-refractivity contribution is 7.89. The number of primary sulfonamides is 1. The summed E-state index contributed by atoms with van der Waals surface area (Å²) in [4.78, 5) is 23.8. The predicted molar refractivity (Wildman–Crippen MR) is 105 cm³/mol. The van der Waals surface area contributed by atoms with Gasteiger partial charge in [0.15, 0.2) is 11.6 Å². The summed E-state index contributed by atoms with van der Waals surface area (Å²) in [6.45, 7) is 3.10. The van der Waals surface area contributed by atoms with E-state index in [1.54, 1.807) is 6.92 Å². The van der Waals surface area contributed by atoms with E-state index in [0.717, 1.165) is 19.0 Å². The molecule has 2 heterocycles. The number of anilines is 3. The van der Waals surface area contributed by atoms with E-state index in [2.05, 4.69) is 15.3 Å². The summed E-state index contributed by atoms with van der Waals surface area (Å²) in [5, 5.41) is 8.03. The minimum Gasteiger partial charge on any atom is -0.350 e. The predicted octanol–water partition coefficient (Wildman–Crippen LogP) is 1.21. The number of rotatable bonds is 4. The van der Waals surface area contributed by atoms with E-state index in [4.69, 9.17) is 5.14 Å². The zero-order chi connectivity index (χ0) is 20.8. The molecule has 1 saturated heterocycles. The fraction of sp³-hybridized carbons (Fsp3) is 0.389. The zero-order valence-electron chi connectivity index (χ0n) is 15.8. The van der Waals surface area contributed by atoms with Crippen molar-refractivity contribution in [3.63, 3.8) is 0 Å². The van der Waals surface area contributed by atoms with E-state index >= 15 is 0 Å². The van der Waals surface area contributed by atoms with Crippen LogP contribution >= 0.6 is 0 Å². The van der Waals surface area contributed by atoms with Gasteiger partial charge in [-0.05, 0) is 37.1 Å². The van der Waals surface area contributed by atoms with Crippen molar-refractivity contribution in [1.29, 1.82) is 0 Å². The lowest BCUT2D eigenvalue weighted by atomic mass is 10.1. The average molecular weight is 420 g/mol. The molecule has 29 heavy (non-hydrogen) atoms. The molecule has 2 fully saturated rings. The number of amides is 1. The maximum absolute atomic E-state index is 14.4. The van der Waals surface area contributed by atoms with Crippen LogP contribution in [0.2, 0.25) is 0 Å². The van der Waals surface area contributed by atoms with Gasteiger partial charge in [-0.1, -0.05) is 0 Å². The highest BCUT2D eigenvalue weighted by atomic mass is 32.2. The van der Waals surface area contributed by atoms with Crippen molar-refractivity contribution >= 4 is 33.4 Å². The summed E-state index contributed by atoms with van der Waals surface area (Å²) in [6.07, 6.45) is 2.90. The molecule has 1 aliphatic carbocycles. The van der Waals surface area contributed by atoms with Crippen LogP contribution in [0.5, 0.6) is 0 Å². The molecule has 3 N–H and O–H groups in total. The first-order chi connectivity index (χ1) is 13.7. The van der Waals surface area contributed by atoms with Gasteiger partial charge in [0.25, 0.3) is 0 Å². The van der Waals surface area contributed by atoms with E-state index < -0.39 is 15.8 Å². The van der Waals surface area contributed by atoms with Crippen LogP contribution in [-0.4, -0.2) is 54.4 Å². The molecule has 0 atom stereocenters. The molecule has 1 aliphatic heterocycles. The summed E-state index contributed by atoms with van der Waals surface area (Å²) in [6, 6.07) is 5.77. The molecule has 1 aromatic carbocycles. The Morgan fingerprint density at radius 1 is 1.24 bits per heavy atom. The van der Waals surface area contributed by atoms with Gasteiger partial charge in [0.05, 0.1) is 16.6 Å². The molecule has 11 heteroatoms. The number of aromatic nitrogens is 2. The monoisotopic (exact) mass is 420 g/mol. The van der Waals surface area contributed by atoms with Gasteiger partial charge in [0, 0.05) is 32.2 Å². The summed E-state index contributed by atoms with van der Waals surface area (Å²) < 4.78 is 37.1. The number of piperazine rings is 1. The molecule has 154 valence electrons. The van der Waals surface area contributed by atoms with Gasteiger partial charge in [-0.2, -0.15) is 4.98 Å². The van der Waals surface area contributed by atoms with Crippen LogP contribution in [0.25, 0.3) is 0 Å². The Balaban J connectivity index is 1.53. The lowest BCUT2D eigenvalue weighted by Crippen LogP contribution is -2.57. The van der Waals surface area contributed by atoms with Gasteiger partial charge in [-0.15, -0.1) is 0 Å². The first-order valence-corrected chi connectivity index (χ1v) is 10.7. The van der Waals surface area contributed by atoms with Crippen molar-refractivity contribution in [2.75, 3.05) is 29.9 Å². The van der Waals surface area contributed by atoms with Crippen LogP contribution in [0.1, 0.15) is 19.8 Å². The maximum Gasteiger partial charge on any atom is 0.238 e. The Kier molecular flexibility index (Phi) is 4.66. The van der Waals surface area contributed by atoms with E-state index in [1.807, 2.05) is 9.80 Å². The number of sulfonamides is 1. The Morgan fingerprint density at radius 3 is 2.52 bits per heavy atom. The molecular weight excluding hydrogens is 399 g/mol. The number of nitrogens with two attached hydrogens (primary N) is 1. The maximum atomic E-state index is 14.4. The molecule has 0 unspecified atom stereocenters. The number of halogens is 1. The van der Waals surface area contributed by atoms with Crippen molar-refractivity contribution in [2.24, 2.45) is 5.14 Å². The van der Waals surface area contributed by atoms with Crippen LogP contribution in [0.4, 0.5) is 21.8 Å². The SMILES string of the molecule is CC(=O)N1CCN(c2nc(Nc3ccc(S(N)(=O)=O)cc3)ncc2F)CC12CC2. The smallest absolute Gasteiger partial charge is 0.238 e. The second-order valence-electron chi connectivity index (χ2n) is 7.38. The Morgan fingerprint density at radius 2 is 1.93 bits per heavy atom. The first kappa shape index (κ1) is 19.5.